The molecular formula is C22H18N6. The Balaban J connectivity index is 2.03. The third kappa shape index (κ3) is 4.51. The lowest BCUT2D eigenvalue weighted by Gasteiger charge is -2.14. The van der Waals surface area contributed by atoms with E-state index in [-0.39, 0.29) is 40.7 Å². The highest BCUT2D eigenvalue weighted by Gasteiger charge is 2.07. The van der Waals surface area contributed by atoms with Crippen molar-refractivity contribution in [3.8, 4) is 12.1 Å². The van der Waals surface area contributed by atoms with Crippen LogP contribution in [-0.2, 0) is 0 Å². The van der Waals surface area contributed by atoms with Crippen LogP contribution in [0.25, 0.3) is 6.05 Å². The molecule has 0 atom stereocenters. The van der Waals surface area contributed by atoms with E-state index in [0.717, 1.165) is 0 Å². The first-order valence-corrected chi connectivity index (χ1v) is 8.00. The summed E-state index contributed by atoms with van der Waals surface area (Å²) in [6.45, 7) is 3.18. The van der Waals surface area contributed by atoms with Crippen molar-refractivity contribution in [2.75, 3.05) is 10.6 Å². The average molecular weight is 374 g/mol. The number of nitrogens with zero attached hydrogens (tertiary/aromatic N) is 4. The van der Waals surface area contributed by atoms with Crippen molar-refractivity contribution in [2.45, 2.75) is 13.8 Å². The van der Waals surface area contributed by atoms with Crippen LogP contribution in [0.1, 0.15) is 33.2 Å². The first kappa shape index (κ1) is 10.9. The molecule has 0 aliphatic heterocycles. The molecule has 136 valence electrons. The SMILES string of the molecule is [2H]/C(C#N)=C(/[2H])c1c([2H])c(C)c(Nc2ccnc(Nc3c([2H])c([2H])c(C#N)c([2H])c3[2H])n2)c(C)c1[2H]. The minimum Gasteiger partial charge on any atom is -0.340 e. The molecule has 0 fully saturated rings. The maximum absolute atomic E-state index is 9.10. The van der Waals surface area contributed by atoms with Crippen LogP contribution in [0, 0.1) is 36.5 Å². The van der Waals surface area contributed by atoms with Gasteiger partial charge in [-0.3, -0.25) is 0 Å². The number of aromatic nitrogens is 2. The summed E-state index contributed by atoms with van der Waals surface area (Å²) in [4.78, 5) is 8.29. The second kappa shape index (κ2) is 8.48. The molecule has 0 saturated heterocycles. The van der Waals surface area contributed by atoms with Gasteiger partial charge in [-0.15, -0.1) is 0 Å². The van der Waals surface area contributed by atoms with Crippen molar-refractivity contribution in [3.63, 3.8) is 0 Å². The Morgan fingerprint density at radius 2 is 1.82 bits per heavy atom. The summed E-state index contributed by atoms with van der Waals surface area (Å²) < 4.78 is 64.4. The van der Waals surface area contributed by atoms with Gasteiger partial charge in [0.25, 0.3) is 0 Å². The van der Waals surface area contributed by atoms with Crippen molar-refractivity contribution in [1.29, 1.82) is 10.5 Å². The lowest BCUT2D eigenvalue weighted by atomic mass is 10.0. The van der Waals surface area contributed by atoms with Crippen molar-refractivity contribution in [2.24, 2.45) is 0 Å². The number of hydrogen-bond donors (Lipinski definition) is 2. The van der Waals surface area contributed by atoms with Crippen LogP contribution in [0.3, 0.4) is 0 Å². The summed E-state index contributed by atoms with van der Waals surface area (Å²) >= 11 is 0. The van der Waals surface area contributed by atoms with Crippen LogP contribution in [0.2, 0.25) is 0 Å². The van der Waals surface area contributed by atoms with Crippen LogP contribution >= 0.6 is 0 Å². The van der Waals surface area contributed by atoms with E-state index in [1.165, 1.54) is 12.3 Å². The van der Waals surface area contributed by atoms with E-state index in [4.69, 9.17) is 21.5 Å². The smallest absolute Gasteiger partial charge is 0.229 e. The molecule has 0 bridgehead atoms. The summed E-state index contributed by atoms with van der Waals surface area (Å²) in [5.74, 6) is 0.146. The molecule has 0 radical (unpaired) electrons. The van der Waals surface area contributed by atoms with Gasteiger partial charge >= 0.3 is 0 Å². The van der Waals surface area contributed by atoms with E-state index in [1.807, 2.05) is 0 Å². The molecule has 2 N–H and O–H groups in total. The fourth-order valence-electron chi connectivity index (χ4n) is 2.31. The zero-order valence-electron chi connectivity index (χ0n) is 22.9. The summed E-state index contributed by atoms with van der Waals surface area (Å²) in [5, 5.41) is 23.7. The number of nitrogens with one attached hydrogen (secondary N) is 2. The highest BCUT2D eigenvalue weighted by atomic mass is 15.1. The minimum absolute atomic E-state index is 0.0705. The zero-order valence-corrected chi connectivity index (χ0v) is 14.9. The van der Waals surface area contributed by atoms with Crippen LogP contribution in [0.5, 0.6) is 0 Å². The number of allylic oxidation sites excluding steroid dienone is 1. The van der Waals surface area contributed by atoms with Crippen molar-refractivity contribution in [3.05, 3.63) is 76.8 Å². The molecule has 3 aromatic rings. The Morgan fingerprint density at radius 1 is 1.11 bits per heavy atom. The van der Waals surface area contributed by atoms with Gasteiger partial charge in [0.2, 0.25) is 5.95 Å². The van der Waals surface area contributed by atoms with Gasteiger partial charge in [-0.2, -0.15) is 15.5 Å². The van der Waals surface area contributed by atoms with E-state index in [2.05, 4.69) is 20.6 Å². The Kier molecular flexibility index (Phi) is 3.29. The molecule has 0 unspecified atom stereocenters. The molecule has 0 spiro atoms. The lowest BCUT2D eigenvalue weighted by molar-refractivity contribution is 1.16. The minimum atomic E-state index is -0.653. The molecule has 28 heavy (non-hydrogen) atoms. The van der Waals surface area contributed by atoms with Gasteiger partial charge in [-0.25, -0.2) is 4.98 Å². The lowest BCUT2D eigenvalue weighted by Crippen LogP contribution is -2.02. The van der Waals surface area contributed by atoms with Crippen LogP contribution in [0.15, 0.2) is 54.6 Å². The molecule has 6 heteroatoms. The third-order valence-electron chi connectivity index (χ3n) is 3.50. The molecule has 1 heterocycles. The monoisotopic (exact) mass is 374 g/mol. The van der Waals surface area contributed by atoms with Gasteiger partial charge in [0, 0.05) is 23.6 Å². The summed E-state index contributed by atoms with van der Waals surface area (Å²) in [7, 11) is 0. The number of nitriles is 2. The highest BCUT2D eigenvalue weighted by molar-refractivity contribution is 5.69. The van der Waals surface area contributed by atoms with E-state index < -0.39 is 36.3 Å². The first-order valence-electron chi connectivity index (χ1n) is 12.0. The fraction of sp³-hybridized carbons (Fsp3) is 0.0909. The van der Waals surface area contributed by atoms with E-state index in [0.29, 0.717) is 16.8 Å². The molecule has 0 aliphatic carbocycles. The predicted octanol–water partition coefficient (Wildman–Crippen LogP) is 4.99. The van der Waals surface area contributed by atoms with Gasteiger partial charge < -0.3 is 10.6 Å². The Hall–Kier alpha value is -4.16. The normalized spacial score (nSPS) is 15.0. The Labute approximate surface area is 175 Å². The van der Waals surface area contributed by atoms with Gasteiger partial charge in [0.1, 0.15) is 5.82 Å². The largest absolute Gasteiger partial charge is 0.340 e. The van der Waals surface area contributed by atoms with E-state index >= 15 is 0 Å². The number of rotatable bonds is 5. The number of benzene rings is 2. The zero-order chi connectivity index (χ0) is 26.9. The number of anilines is 4. The van der Waals surface area contributed by atoms with Crippen LogP contribution in [0.4, 0.5) is 23.1 Å². The second-order valence-corrected chi connectivity index (χ2v) is 5.49. The molecular weight excluding hydrogens is 348 g/mol. The van der Waals surface area contributed by atoms with Gasteiger partial charge in [-0.1, -0.05) is 0 Å². The van der Waals surface area contributed by atoms with Crippen molar-refractivity contribution >= 4 is 29.2 Å². The van der Waals surface area contributed by atoms with Gasteiger partial charge in [-0.05, 0) is 78.9 Å². The summed E-state index contributed by atoms with van der Waals surface area (Å²) in [6.07, 6.45) is 1.37. The predicted molar refractivity (Wildman–Crippen MR) is 110 cm³/mol. The van der Waals surface area contributed by atoms with Crippen LogP contribution < -0.4 is 10.6 Å². The van der Waals surface area contributed by atoms with E-state index in [1.54, 1.807) is 26.0 Å². The summed E-state index contributed by atoms with van der Waals surface area (Å²) in [5.41, 5.74) is 0.353. The maximum Gasteiger partial charge on any atom is 0.229 e. The molecule has 0 aliphatic rings. The van der Waals surface area contributed by atoms with Crippen molar-refractivity contribution < 1.29 is 11.0 Å². The average Bonchev–Trinajstić information content (AvgIpc) is 2.87. The molecule has 3 rings (SSSR count). The Bertz CT molecular complexity index is 1460. The van der Waals surface area contributed by atoms with Gasteiger partial charge in [0.15, 0.2) is 0 Å². The topological polar surface area (TPSA) is 97.4 Å². The standard InChI is InChI=1S/C22H18N6/c1-15-12-18(4-3-10-23)13-16(2)21(15)27-20-9-11-25-22(28-20)26-19-7-5-17(14-24)6-8-19/h3-9,11-13H,1-2H3,(H2,25,26,27,28)/b4-3+/i3D,4D,5D,6D,7D,8D,12D,13D. The molecule has 0 saturated carbocycles. The summed E-state index contributed by atoms with van der Waals surface area (Å²) in [6, 6.07) is 1.24. The Morgan fingerprint density at radius 3 is 2.46 bits per heavy atom. The fourth-order valence-corrected chi connectivity index (χ4v) is 2.31. The molecule has 0 amide bonds. The quantitative estimate of drug-likeness (QED) is 0.611. The van der Waals surface area contributed by atoms with Gasteiger partial charge in [0.05, 0.1) is 28.7 Å². The maximum atomic E-state index is 9.10. The molecule has 2 aromatic carbocycles. The molecule has 1 aromatic heterocycles. The van der Waals surface area contributed by atoms with E-state index in [9.17, 15) is 0 Å². The first-order chi connectivity index (χ1) is 16.9. The number of hydrogen-bond acceptors (Lipinski definition) is 6. The second-order valence-electron chi connectivity index (χ2n) is 5.49. The van der Waals surface area contributed by atoms with Crippen molar-refractivity contribution in [1.82, 2.24) is 9.97 Å². The highest BCUT2D eigenvalue weighted by Crippen LogP contribution is 2.26. The van der Waals surface area contributed by atoms with Crippen LogP contribution in [-0.4, -0.2) is 9.97 Å². The third-order valence-corrected chi connectivity index (χ3v) is 3.50. The molecule has 6 nitrogen and oxygen atoms in total.